The van der Waals surface area contributed by atoms with Crippen LogP contribution in [0.3, 0.4) is 0 Å². The summed E-state index contributed by atoms with van der Waals surface area (Å²) >= 11 is 0. The van der Waals surface area contributed by atoms with Gasteiger partial charge in [-0.05, 0) is 5.56 Å². The van der Waals surface area contributed by atoms with Gasteiger partial charge in [-0.1, -0.05) is 30.3 Å². The lowest BCUT2D eigenvalue weighted by atomic mass is 10.0. The number of ether oxygens (including phenoxy) is 1. The van der Waals surface area contributed by atoms with Crippen LogP contribution < -0.4 is 5.73 Å². The first kappa shape index (κ1) is 13.3. The van der Waals surface area contributed by atoms with Gasteiger partial charge in [-0.25, -0.2) is 18.0 Å². The predicted octanol–water partition coefficient (Wildman–Crippen LogP) is 1.75. The van der Waals surface area contributed by atoms with Crippen LogP contribution in [0.15, 0.2) is 30.3 Å². The number of amides is 1. The molecule has 0 aliphatic rings. The summed E-state index contributed by atoms with van der Waals surface area (Å²) in [7, 11) is 0. The molecule has 4 nitrogen and oxygen atoms in total. The van der Waals surface area contributed by atoms with Crippen molar-refractivity contribution < 1.29 is 27.8 Å². The number of alkyl halides is 3. The maximum absolute atomic E-state index is 13.4. The molecule has 0 aromatic heterocycles. The lowest BCUT2D eigenvalue weighted by Crippen LogP contribution is -2.42. The van der Waals surface area contributed by atoms with Crippen molar-refractivity contribution in [3.05, 3.63) is 35.9 Å². The first-order valence-corrected chi connectivity index (χ1v) is 4.56. The second kappa shape index (κ2) is 5.05. The first-order chi connectivity index (χ1) is 7.85. The van der Waals surface area contributed by atoms with Crippen molar-refractivity contribution in [3.8, 4) is 0 Å². The molecule has 7 heteroatoms. The van der Waals surface area contributed by atoms with Gasteiger partial charge in [0.1, 0.15) is 0 Å². The van der Waals surface area contributed by atoms with Gasteiger partial charge in [-0.15, -0.1) is 0 Å². The highest BCUT2D eigenvalue weighted by Gasteiger charge is 2.49. The van der Waals surface area contributed by atoms with E-state index in [4.69, 9.17) is 5.11 Å². The van der Waals surface area contributed by atoms with Gasteiger partial charge in [0.05, 0.1) is 0 Å². The molecule has 0 radical (unpaired) electrons. The number of halogens is 3. The molecule has 1 rings (SSSR count). The minimum atomic E-state index is -4.00. The molecule has 1 aromatic carbocycles. The second-order valence-electron chi connectivity index (χ2n) is 3.26. The third-order valence-corrected chi connectivity index (χ3v) is 2.01. The standard InChI is InChI=1S/C10H10F3NO3/c11-8(12)10(13,16)7(17-9(14)15)6-4-2-1-3-5-6/h1-5,7-8,16H,(H2,14,15). The summed E-state index contributed by atoms with van der Waals surface area (Å²) in [5, 5.41) is 9.00. The number of nitrogens with two attached hydrogens (primary N) is 1. The smallest absolute Gasteiger partial charge is 0.405 e. The summed E-state index contributed by atoms with van der Waals surface area (Å²) in [6.45, 7) is 0. The van der Waals surface area contributed by atoms with Crippen molar-refractivity contribution in [1.82, 2.24) is 0 Å². The normalized spacial score (nSPS) is 16.3. The van der Waals surface area contributed by atoms with E-state index >= 15 is 0 Å². The Balaban J connectivity index is 3.09. The Labute approximate surface area is 94.8 Å². The number of hydrogen-bond acceptors (Lipinski definition) is 3. The molecule has 3 N–H and O–H groups in total. The van der Waals surface area contributed by atoms with Crippen LogP contribution in [0.4, 0.5) is 18.0 Å². The van der Waals surface area contributed by atoms with Crippen LogP contribution in [0.25, 0.3) is 0 Å². The summed E-state index contributed by atoms with van der Waals surface area (Å²) in [6.07, 6.45) is -7.39. The molecule has 0 saturated heterocycles. The van der Waals surface area contributed by atoms with Crippen LogP contribution in [-0.4, -0.2) is 23.5 Å². The van der Waals surface area contributed by atoms with Crippen molar-refractivity contribution in [1.29, 1.82) is 0 Å². The van der Waals surface area contributed by atoms with Gasteiger partial charge in [-0.2, -0.15) is 0 Å². The Morgan fingerprint density at radius 3 is 2.29 bits per heavy atom. The summed E-state index contributed by atoms with van der Waals surface area (Å²) in [6, 6.07) is 6.81. The lowest BCUT2D eigenvalue weighted by molar-refractivity contribution is -0.241. The van der Waals surface area contributed by atoms with Crippen LogP contribution in [-0.2, 0) is 4.74 Å². The summed E-state index contributed by atoms with van der Waals surface area (Å²) < 4.78 is 42.3. The molecule has 0 aliphatic carbocycles. The molecule has 1 amide bonds. The maximum Gasteiger partial charge on any atom is 0.405 e. The molecular weight excluding hydrogens is 239 g/mol. The number of benzene rings is 1. The molecule has 17 heavy (non-hydrogen) atoms. The minimum Gasteiger partial charge on any atom is -0.435 e. The van der Waals surface area contributed by atoms with E-state index < -0.39 is 24.5 Å². The second-order valence-corrected chi connectivity index (χ2v) is 3.26. The van der Waals surface area contributed by atoms with Gasteiger partial charge < -0.3 is 15.6 Å². The fourth-order valence-electron chi connectivity index (χ4n) is 1.24. The Morgan fingerprint density at radius 2 is 1.88 bits per heavy atom. The van der Waals surface area contributed by atoms with Gasteiger partial charge >= 0.3 is 11.9 Å². The third kappa shape index (κ3) is 3.10. The Kier molecular flexibility index (Phi) is 3.95. The SMILES string of the molecule is NC(=O)OC(c1ccccc1)C(O)(F)C(F)F. The molecule has 94 valence electrons. The summed E-state index contributed by atoms with van der Waals surface area (Å²) in [5.41, 5.74) is 4.52. The van der Waals surface area contributed by atoms with E-state index in [1.807, 2.05) is 0 Å². The highest BCUT2D eigenvalue weighted by molar-refractivity contribution is 5.65. The Morgan fingerprint density at radius 1 is 1.35 bits per heavy atom. The average Bonchev–Trinajstić information content (AvgIpc) is 2.26. The van der Waals surface area contributed by atoms with E-state index in [1.54, 1.807) is 6.07 Å². The average molecular weight is 249 g/mol. The van der Waals surface area contributed by atoms with Crippen molar-refractivity contribution in [2.45, 2.75) is 18.4 Å². The van der Waals surface area contributed by atoms with E-state index in [2.05, 4.69) is 10.5 Å². The molecule has 0 bridgehead atoms. The molecule has 2 atom stereocenters. The van der Waals surface area contributed by atoms with Crippen molar-refractivity contribution in [2.24, 2.45) is 5.73 Å². The van der Waals surface area contributed by atoms with E-state index in [9.17, 15) is 18.0 Å². The van der Waals surface area contributed by atoms with Gasteiger partial charge in [0, 0.05) is 0 Å². The number of rotatable bonds is 4. The Hall–Kier alpha value is -1.76. The maximum atomic E-state index is 13.4. The number of primary amides is 1. The van der Waals surface area contributed by atoms with E-state index in [0.717, 1.165) is 0 Å². The predicted molar refractivity (Wildman–Crippen MR) is 51.9 cm³/mol. The lowest BCUT2D eigenvalue weighted by Gasteiger charge is -2.27. The van der Waals surface area contributed by atoms with Crippen LogP contribution in [0.1, 0.15) is 11.7 Å². The Bertz CT molecular complexity index is 384. The molecule has 0 heterocycles. The molecule has 0 fully saturated rings. The molecule has 2 unspecified atom stereocenters. The van der Waals surface area contributed by atoms with Gasteiger partial charge in [0.15, 0.2) is 6.10 Å². The van der Waals surface area contributed by atoms with Crippen molar-refractivity contribution in [3.63, 3.8) is 0 Å². The third-order valence-electron chi connectivity index (χ3n) is 2.01. The van der Waals surface area contributed by atoms with Gasteiger partial charge in [0.2, 0.25) is 0 Å². The number of carbonyl (C=O) groups excluding carboxylic acids is 1. The highest BCUT2D eigenvalue weighted by Crippen LogP contribution is 2.35. The number of aliphatic hydroxyl groups is 1. The summed E-state index contributed by atoms with van der Waals surface area (Å²) in [4.78, 5) is 10.5. The molecule has 0 aliphatic heterocycles. The molecule has 1 aromatic rings. The van der Waals surface area contributed by atoms with Gasteiger partial charge in [-0.3, -0.25) is 0 Å². The van der Waals surface area contributed by atoms with Crippen LogP contribution in [0.5, 0.6) is 0 Å². The zero-order valence-corrected chi connectivity index (χ0v) is 8.52. The van der Waals surface area contributed by atoms with Crippen LogP contribution >= 0.6 is 0 Å². The monoisotopic (exact) mass is 249 g/mol. The highest BCUT2D eigenvalue weighted by atomic mass is 19.3. The fourth-order valence-corrected chi connectivity index (χ4v) is 1.24. The van der Waals surface area contributed by atoms with Crippen molar-refractivity contribution in [2.75, 3.05) is 0 Å². The van der Waals surface area contributed by atoms with Crippen LogP contribution in [0.2, 0.25) is 0 Å². The fraction of sp³-hybridized carbons (Fsp3) is 0.300. The van der Waals surface area contributed by atoms with E-state index in [0.29, 0.717) is 0 Å². The minimum absolute atomic E-state index is 0.128. The van der Waals surface area contributed by atoms with Gasteiger partial charge in [0.25, 0.3) is 6.43 Å². The van der Waals surface area contributed by atoms with Crippen LogP contribution in [0, 0.1) is 0 Å². The first-order valence-electron chi connectivity index (χ1n) is 4.56. The molecular formula is C10H10F3NO3. The zero-order chi connectivity index (χ0) is 13.1. The quantitative estimate of drug-likeness (QED) is 0.853. The number of hydrogen-bond donors (Lipinski definition) is 2. The van der Waals surface area contributed by atoms with E-state index in [1.165, 1.54) is 24.3 Å². The largest absolute Gasteiger partial charge is 0.435 e. The van der Waals surface area contributed by atoms with E-state index in [-0.39, 0.29) is 5.56 Å². The zero-order valence-electron chi connectivity index (χ0n) is 8.52. The topological polar surface area (TPSA) is 72.6 Å². The molecule has 0 saturated carbocycles. The number of carbonyl (C=O) groups is 1. The molecule has 0 spiro atoms. The van der Waals surface area contributed by atoms with Crippen molar-refractivity contribution >= 4 is 6.09 Å². The summed E-state index contributed by atoms with van der Waals surface area (Å²) in [5.74, 6) is -4.00.